The lowest BCUT2D eigenvalue weighted by Crippen LogP contribution is -2.45. The molecule has 2 aromatic rings. The summed E-state index contributed by atoms with van der Waals surface area (Å²) in [7, 11) is 3.45. The molecule has 1 aliphatic heterocycles. The molecule has 0 bridgehead atoms. The molecule has 0 atom stereocenters. The minimum atomic E-state index is -0.157. The van der Waals surface area contributed by atoms with Gasteiger partial charge in [0.15, 0.2) is 5.82 Å². The lowest BCUT2D eigenvalue weighted by molar-refractivity contribution is 0.189. The molecule has 7 heteroatoms. The number of aromatic nitrogens is 2. The summed E-state index contributed by atoms with van der Waals surface area (Å²) in [6, 6.07) is 7.71. The molecule has 2 heterocycles. The van der Waals surface area contributed by atoms with Crippen LogP contribution in [0.2, 0.25) is 0 Å². The molecule has 1 fully saturated rings. The Hall–Kier alpha value is -2.67. The first-order chi connectivity index (χ1) is 12.2. The average Bonchev–Trinajstić information content (AvgIpc) is 2.68. The van der Waals surface area contributed by atoms with E-state index in [0.717, 1.165) is 42.9 Å². The Morgan fingerprint density at radius 1 is 1.28 bits per heavy atom. The highest BCUT2D eigenvalue weighted by Crippen LogP contribution is 2.22. The van der Waals surface area contributed by atoms with Crippen LogP contribution in [0.15, 0.2) is 36.7 Å². The van der Waals surface area contributed by atoms with Crippen molar-refractivity contribution in [2.45, 2.75) is 18.9 Å². The first-order valence-electron chi connectivity index (χ1n) is 8.38. The van der Waals surface area contributed by atoms with Gasteiger partial charge in [0.25, 0.3) is 0 Å². The number of anilines is 1. The molecule has 0 spiro atoms. The van der Waals surface area contributed by atoms with Crippen LogP contribution in [0.3, 0.4) is 0 Å². The normalized spacial score (nSPS) is 14.8. The molecule has 1 aromatic carbocycles. The lowest BCUT2D eigenvalue weighted by Gasteiger charge is -2.31. The van der Waals surface area contributed by atoms with E-state index in [-0.39, 0.29) is 12.1 Å². The molecule has 2 amide bonds. The van der Waals surface area contributed by atoms with Gasteiger partial charge in [-0.15, -0.1) is 0 Å². The van der Waals surface area contributed by atoms with Gasteiger partial charge in [0, 0.05) is 18.7 Å². The molecule has 1 aliphatic rings. The van der Waals surface area contributed by atoms with Crippen molar-refractivity contribution in [2.75, 3.05) is 32.6 Å². The number of carbonyl (C=O) groups excluding carboxylic acids is 1. The van der Waals surface area contributed by atoms with E-state index < -0.39 is 0 Å². The Morgan fingerprint density at radius 2 is 2.08 bits per heavy atom. The van der Waals surface area contributed by atoms with Crippen LogP contribution in [-0.4, -0.2) is 54.2 Å². The van der Waals surface area contributed by atoms with Crippen molar-refractivity contribution in [1.29, 1.82) is 0 Å². The molecule has 132 valence electrons. The van der Waals surface area contributed by atoms with Gasteiger partial charge in [0.05, 0.1) is 25.2 Å². The van der Waals surface area contributed by atoms with E-state index in [0.29, 0.717) is 5.82 Å². The number of amides is 2. The summed E-state index contributed by atoms with van der Waals surface area (Å²) in [6.07, 6.45) is 5.15. The van der Waals surface area contributed by atoms with E-state index >= 15 is 0 Å². The second-order valence-electron chi connectivity index (χ2n) is 6.04. The highest BCUT2D eigenvalue weighted by molar-refractivity contribution is 5.88. The maximum absolute atomic E-state index is 12.4. The summed E-state index contributed by atoms with van der Waals surface area (Å²) >= 11 is 0. The first-order valence-corrected chi connectivity index (χ1v) is 8.38. The molecule has 1 saturated heterocycles. The number of hydrogen-bond acceptors (Lipinski definition) is 5. The fourth-order valence-electron chi connectivity index (χ4n) is 2.88. The first kappa shape index (κ1) is 17.2. The van der Waals surface area contributed by atoms with Gasteiger partial charge in [-0.1, -0.05) is 12.1 Å². The largest absolute Gasteiger partial charge is 0.497 e. The quantitative estimate of drug-likeness (QED) is 0.892. The predicted octanol–water partition coefficient (Wildman–Crippen LogP) is 2.37. The average molecular weight is 341 g/mol. The van der Waals surface area contributed by atoms with E-state index in [4.69, 9.17) is 4.74 Å². The molecule has 7 nitrogen and oxygen atoms in total. The number of carbonyl (C=O) groups is 1. The SMILES string of the molecule is COc1cccc(-c2cnc(NC(=O)N(C)C3CCNCC3)cn2)c1. The van der Waals surface area contributed by atoms with E-state index in [1.807, 2.05) is 31.3 Å². The topological polar surface area (TPSA) is 79.4 Å². The van der Waals surface area contributed by atoms with Crippen LogP contribution in [0.5, 0.6) is 5.75 Å². The highest BCUT2D eigenvalue weighted by Gasteiger charge is 2.22. The van der Waals surface area contributed by atoms with Crippen LogP contribution in [0.25, 0.3) is 11.3 Å². The molecule has 0 aliphatic carbocycles. The van der Waals surface area contributed by atoms with Crippen molar-refractivity contribution < 1.29 is 9.53 Å². The van der Waals surface area contributed by atoms with Gasteiger partial charge < -0.3 is 15.0 Å². The van der Waals surface area contributed by atoms with Crippen LogP contribution in [0.4, 0.5) is 10.6 Å². The third kappa shape index (κ3) is 4.24. The molecular weight excluding hydrogens is 318 g/mol. The summed E-state index contributed by atoms with van der Waals surface area (Å²) in [5.74, 6) is 1.21. The van der Waals surface area contributed by atoms with Crippen LogP contribution >= 0.6 is 0 Å². The Labute approximate surface area is 147 Å². The lowest BCUT2D eigenvalue weighted by atomic mass is 10.1. The Morgan fingerprint density at radius 3 is 2.76 bits per heavy atom. The summed E-state index contributed by atoms with van der Waals surface area (Å²) in [4.78, 5) is 22.8. The minimum Gasteiger partial charge on any atom is -0.497 e. The monoisotopic (exact) mass is 341 g/mol. The molecule has 2 N–H and O–H groups in total. The van der Waals surface area contributed by atoms with Crippen LogP contribution in [0, 0.1) is 0 Å². The number of methoxy groups -OCH3 is 1. The van der Waals surface area contributed by atoms with E-state index in [9.17, 15) is 4.79 Å². The van der Waals surface area contributed by atoms with Crippen LogP contribution < -0.4 is 15.4 Å². The zero-order valence-corrected chi connectivity index (χ0v) is 14.5. The van der Waals surface area contributed by atoms with Crippen molar-refractivity contribution in [3.63, 3.8) is 0 Å². The van der Waals surface area contributed by atoms with E-state index in [2.05, 4.69) is 20.6 Å². The van der Waals surface area contributed by atoms with Gasteiger partial charge >= 0.3 is 6.03 Å². The van der Waals surface area contributed by atoms with Gasteiger partial charge in [-0.25, -0.2) is 9.78 Å². The summed E-state index contributed by atoms with van der Waals surface area (Å²) in [5, 5.41) is 6.11. The Balaban J connectivity index is 1.64. The standard InChI is InChI=1S/C18H23N5O2/c1-23(14-6-8-19-9-7-14)18(24)22-17-12-20-16(11-21-17)13-4-3-5-15(10-13)25-2/h3-5,10-12,14,19H,6-9H2,1-2H3,(H,21,22,24). The van der Waals surface area contributed by atoms with Gasteiger partial charge in [-0.05, 0) is 38.1 Å². The fraction of sp³-hybridized carbons (Fsp3) is 0.389. The van der Waals surface area contributed by atoms with Gasteiger partial charge in [-0.2, -0.15) is 0 Å². The van der Waals surface area contributed by atoms with Crippen molar-refractivity contribution in [3.05, 3.63) is 36.7 Å². The molecule has 0 unspecified atom stereocenters. The molecule has 0 radical (unpaired) electrons. The van der Waals surface area contributed by atoms with Crippen LogP contribution in [-0.2, 0) is 0 Å². The van der Waals surface area contributed by atoms with E-state index in [1.54, 1.807) is 24.4 Å². The molecule has 25 heavy (non-hydrogen) atoms. The van der Waals surface area contributed by atoms with Crippen molar-refractivity contribution in [3.8, 4) is 17.0 Å². The smallest absolute Gasteiger partial charge is 0.323 e. The molecule has 0 saturated carbocycles. The Bertz CT molecular complexity index is 714. The number of nitrogens with one attached hydrogen (secondary N) is 2. The summed E-state index contributed by atoms with van der Waals surface area (Å²) < 4.78 is 5.22. The highest BCUT2D eigenvalue weighted by atomic mass is 16.5. The maximum atomic E-state index is 12.4. The third-order valence-corrected chi connectivity index (χ3v) is 4.43. The third-order valence-electron chi connectivity index (χ3n) is 4.43. The maximum Gasteiger partial charge on any atom is 0.323 e. The molecular formula is C18H23N5O2. The second-order valence-corrected chi connectivity index (χ2v) is 6.04. The number of hydrogen-bond donors (Lipinski definition) is 2. The number of rotatable bonds is 4. The summed E-state index contributed by atoms with van der Waals surface area (Å²) in [6.45, 7) is 1.88. The van der Waals surface area contributed by atoms with Crippen LogP contribution in [0.1, 0.15) is 12.8 Å². The fourth-order valence-corrected chi connectivity index (χ4v) is 2.88. The number of piperidine rings is 1. The number of nitrogens with zero attached hydrogens (tertiary/aromatic N) is 3. The van der Waals surface area contributed by atoms with Gasteiger partial charge in [0.1, 0.15) is 5.75 Å². The van der Waals surface area contributed by atoms with Crippen molar-refractivity contribution in [1.82, 2.24) is 20.2 Å². The minimum absolute atomic E-state index is 0.157. The number of urea groups is 1. The number of benzene rings is 1. The zero-order valence-electron chi connectivity index (χ0n) is 14.5. The zero-order chi connectivity index (χ0) is 17.6. The van der Waals surface area contributed by atoms with Gasteiger partial charge in [-0.3, -0.25) is 10.3 Å². The van der Waals surface area contributed by atoms with Gasteiger partial charge in [0.2, 0.25) is 0 Å². The number of ether oxygens (including phenoxy) is 1. The predicted molar refractivity (Wildman–Crippen MR) is 96.7 cm³/mol. The second kappa shape index (κ2) is 7.94. The van der Waals surface area contributed by atoms with Crippen molar-refractivity contribution >= 4 is 11.8 Å². The van der Waals surface area contributed by atoms with Crippen molar-refractivity contribution in [2.24, 2.45) is 0 Å². The molecule has 1 aromatic heterocycles. The van der Waals surface area contributed by atoms with E-state index in [1.165, 1.54) is 0 Å². The summed E-state index contributed by atoms with van der Waals surface area (Å²) in [5.41, 5.74) is 1.64. The Kier molecular flexibility index (Phi) is 5.45. The molecule has 3 rings (SSSR count).